The van der Waals surface area contributed by atoms with Crippen LogP contribution in [0.15, 0.2) is 51.7 Å². The first-order chi connectivity index (χ1) is 13.2. The Morgan fingerprint density at radius 3 is 2.36 bits per heavy atom. The van der Waals surface area contributed by atoms with Gasteiger partial charge in [-0.05, 0) is 52.0 Å². The fourth-order valence-electron chi connectivity index (χ4n) is 2.52. The summed E-state index contributed by atoms with van der Waals surface area (Å²) in [5.74, 6) is 1.25. The van der Waals surface area contributed by atoms with Crippen LogP contribution in [-0.4, -0.2) is 13.1 Å². The van der Waals surface area contributed by atoms with E-state index >= 15 is 0 Å². The predicted octanol–water partition coefficient (Wildman–Crippen LogP) is 4.85. The van der Waals surface area contributed by atoms with Crippen molar-refractivity contribution >= 4 is 16.9 Å². The molecule has 1 aromatic heterocycles. The highest BCUT2D eigenvalue weighted by atomic mass is 16.5. The fraction of sp³-hybridized carbons (Fsp3) is 0.273. The van der Waals surface area contributed by atoms with Crippen molar-refractivity contribution in [1.82, 2.24) is 0 Å². The van der Waals surface area contributed by atoms with Crippen LogP contribution >= 0.6 is 0 Å². The molecule has 0 aliphatic rings. The molecule has 6 nitrogen and oxygen atoms in total. The lowest BCUT2D eigenvalue weighted by Crippen LogP contribution is -2.25. The van der Waals surface area contributed by atoms with Gasteiger partial charge in [0.15, 0.2) is 11.5 Å². The number of para-hydroxylation sites is 2. The number of hydrogen-bond donors (Lipinski definition) is 0. The summed E-state index contributed by atoms with van der Waals surface area (Å²) in [6.45, 7) is 6.94. The molecule has 0 aliphatic carbocycles. The standard InChI is InChI=1S/C22H22O6/c1-13-20(28-17-9-7-6-8-16(17)25-5)19(23)15-11-10-14(12-18(15)26-13)27-21(24)22(2,3)4/h6-12H,1-5H3. The quantitative estimate of drug-likeness (QED) is 0.474. The van der Waals surface area contributed by atoms with Crippen LogP contribution in [0.2, 0.25) is 0 Å². The summed E-state index contributed by atoms with van der Waals surface area (Å²) in [5, 5.41) is 0.325. The van der Waals surface area contributed by atoms with Crippen molar-refractivity contribution in [3.63, 3.8) is 0 Å². The first kappa shape index (κ1) is 19.5. The topological polar surface area (TPSA) is 75.0 Å². The highest BCUT2D eigenvalue weighted by Crippen LogP contribution is 2.32. The minimum atomic E-state index is -0.641. The summed E-state index contributed by atoms with van der Waals surface area (Å²) in [6, 6.07) is 11.7. The van der Waals surface area contributed by atoms with E-state index in [0.29, 0.717) is 34.0 Å². The van der Waals surface area contributed by atoms with E-state index in [1.807, 2.05) is 6.07 Å². The monoisotopic (exact) mass is 382 g/mol. The summed E-state index contributed by atoms with van der Waals surface area (Å²) in [6.07, 6.45) is 0. The highest BCUT2D eigenvalue weighted by molar-refractivity contribution is 5.82. The number of esters is 1. The fourth-order valence-corrected chi connectivity index (χ4v) is 2.52. The van der Waals surface area contributed by atoms with E-state index < -0.39 is 5.41 Å². The summed E-state index contributed by atoms with van der Waals surface area (Å²) < 4.78 is 22.2. The molecule has 0 unspecified atom stereocenters. The number of carbonyl (C=O) groups is 1. The maximum Gasteiger partial charge on any atom is 0.316 e. The average molecular weight is 382 g/mol. The maximum atomic E-state index is 12.9. The van der Waals surface area contributed by atoms with Crippen LogP contribution in [0.5, 0.6) is 23.0 Å². The number of hydrogen-bond acceptors (Lipinski definition) is 6. The van der Waals surface area contributed by atoms with Gasteiger partial charge < -0.3 is 18.6 Å². The number of methoxy groups -OCH3 is 1. The predicted molar refractivity (Wildman–Crippen MR) is 105 cm³/mol. The average Bonchev–Trinajstić information content (AvgIpc) is 2.64. The lowest BCUT2D eigenvalue weighted by molar-refractivity contribution is -0.142. The van der Waals surface area contributed by atoms with E-state index in [0.717, 1.165) is 0 Å². The molecule has 1 heterocycles. The largest absolute Gasteiger partial charge is 0.493 e. The number of ether oxygens (including phenoxy) is 3. The second-order valence-electron chi connectivity index (χ2n) is 7.37. The third kappa shape index (κ3) is 3.86. The number of fused-ring (bicyclic) bond motifs is 1. The van der Waals surface area contributed by atoms with Crippen LogP contribution in [0.4, 0.5) is 0 Å². The Kier molecular flexibility index (Phi) is 5.14. The molecule has 0 N–H and O–H groups in total. The van der Waals surface area contributed by atoms with Gasteiger partial charge in [0.1, 0.15) is 17.1 Å². The molecule has 0 aliphatic heterocycles. The molecular weight excluding hydrogens is 360 g/mol. The van der Waals surface area contributed by atoms with E-state index in [1.54, 1.807) is 58.0 Å². The van der Waals surface area contributed by atoms with Crippen LogP contribution in [0.1, 0.15) is 26.5 Å². The number of rotatable bonds is 4. The molecule has 0 fully saturated rings. The first-order valence-electron chi connectivity index (χ1n) is 8.81. The van der Waals surface area contributed by atoms with Gasteiger partial charge >= 0.3 is 5.97 Å². The van der Waals surface area contributed by atoms with E-state index in [-0.39, 0.29) is 17.1 Å². The second-order valence-corrected chi connectivity index (χ2v) is 7.37. The zero-order valence-corrected chi connectivity index (χ0v) is 16.5. The number of carbonyl (C=O) groups excluding carboxylic acids is 1. The minimum absolute atomic E-state index is 0.0800. The van der Waals surface area contributed by atoms with E-state index in [1.165, 1.54) is 13.2 Å². The smallest absolute Gasteiger partial charge is 0.316 e. The SMILES string of the molecule is COc1ccccc1Oc1c(C)oc2cc(OC(=O)C(C)(C)C)ccc2c1=O. The third-order valence-electron chi connectivity index (χ3n) is 4.09. The molecule has 0 amide bonds. The summed E-state index contributed by atoms with van der Waals surface area (Å²) in [5.41, 5.74) is -0.648. The van der Waals surface area contributed by atoms with Gasteiger partial charge in [-0.1, -0.05) is 12.1 Å². The van der Waals surface area contributed by atoms with Crippen molar-refractivity contribution in [3.05, 3.63) is 58.4 Å². The van der Waals surface area contributed by atoms with Crippen LogP contribution in [0, 0.1) is 12.3 Å². The molecule has 0 atom stereocenters. The highest BCUT2D eigenvalue weighted by Gasteiger charge is 2.24. The molecule has 2 aromatic carbocycles. The first-order valence-corrected chi connectivity index (χ1v) is 8.81. The van der Waals surface area contributed by atoms with Crippen molar-refractivity contribution in [2.45, 2.75) is 27.7 Å². The Balaban J connectivity index is 2.00. The Bertz CT molecular complexity index is 1090. The zero-order valence-electron chi connectivity index (χ0n) is 16.5. The Labute approximate surface area is 162 Å². The van der Waals surface area contributed by atoms with Gasteiger partial charge in [0.25, 0.3) is 0 Å². The van der Waals surface area contributed by atoms with Gasteiger partial charge in [-0.15, -0.1) is 0 Å². The van der Waals surface area contributed by atoms with Gasteiger partial charge in [-0.25, -0.2) is 0 Å². The van der Waals surface area contributed by atoms with Crippen LogP contribution < -0.4 is 19.6 Å². The van der Waals surface area contributed by atoms with Gasteiger partial charge in [0, 0.05) is 6.07 Å². The van der Waals surface area contributed by atoms with Gasteiger partial charge in [0.05, 0.1) is 17.9 Å². The van der Waals surface area contributed by atoms with Crippen molar-refractivity contribution in [2.24, 2.45) is 5.41 Å². The van der Waals surface area contributed by atoms with E-state index in [4.69, 9.17) is 18.6 Å². The normalized spacial score (nSPS) is 11.3. The van der Waals surface area contributed by atoms with Crippen LogP contribution in [0.3, 0.4) is 0 Å². The van der Waals surface area contributed by atoms with Crippen LogP contribution in [0.25, 0.3) is 11.0 Å². The molecule has 0 saturated heterocycles. The molecule has 6 heteroatoms. The van der Waals surface area contributed by atoms with Crippen molar-refractivity contribution < 1.29 is 23.4 Å². The van der Waals surface area contributed by atoms with Crippen molar-refractivity contribution in [1.29, 1.82) is 0 Å². The number of benzene rings is 2. The maximum absolute atomic E-state index is 12.9. The molecule has 28 heavy (non-hydrogen) atoms. The van der Waals surface area contributed by atoms with Gasteiger partial charge in [0.2, 0.25) is 11.2 Å². The Morgan fingerprint density at radius 1 is 1.04 bits per heavy atom. The zero-order chi connectivity index (χ0) is 20.5. The van der Waals surface area contributed by atoms with Crippen molar-refractivity contribution in [3.8, 4) is 23.0 Å². The van der Waals surface area contributed by atoms with Gasteiger partial charge in [-0.3, -0.25) is 9.59 Å². The summed E-state index contributed by atoms with van der Waals surface area (Å²) in [7, 11) is 1.53. The Morgan fingerprint density at radius 2 is 1.71 bits per heavy atom. The number of aryl methyl sites for hydroxylation is 1. The van der Waals surface area contributed by atoms with Gasteiger partial charge in [-0.2, -0.15) is 0 Å². The molecule has 0 bridgehead atoms. The van der Waals surface area contributed by atoms with Crippen molar-refractivity contribution in [2.75, 3.05) is 7.11 Å². The minimum Gasteiger partial charge on any atom is -0.493 e. The molecule has 0 saturated carbocycles. The molecular formula is C22H22O6. The molecule has 0 radical (unpaired) electrons. The lowest BCUT2D eigenvalue weighted by atomic mass is 9.97. The molecule has 3 aromatic rings. The summed E-state index contributed by atoms with van der Waals surface area (Å²) >= 11 is 0. The molecule has 0 spiro atoms. The van der Waals surface area contributed by atoms with Crippen LogP contribution in [-0.2, 0) is 4.79 Å². The van der Waals surface area contributed by atoms with E-state index in [2.05, 4.69) is 0 Å². The Hall–Kier alpha value is -3.28. The third-order valence-corrected chi connectivity index (χ3v) is 4.09. The molecule has 3 rings (SSSR count). The summed E-state index contributed by atoms with van der Waals surface area (Å²) in [4.78, 5) is 25.0. The van der Waals surface area contributed by atoms with E-state index in [9.17, 15) is 9.59 Å². The lowest BCUT2D eigenvalue weighted by Gasteiger charge is -2.16. The molecule has 146 valence electrons. The second kappa shape index (κ2) is 7.38.